The van der Waals surface area contributed by atoms with Gasteiger partial charge < -0.3 is 16.4 Å². The van der Waals surface area contributed by atoms with Gasteiger partial charge in [0.05, 0.1) is 11.4 Å². The summed E-state index contributed by atoms with van der Waals surface area (Å²) in [6.45, 7) is 4.11. The van der Waals surface area contributed by atoms with Gasteiger partial charge >= 0.3 is 0 Å². The van der Waals surface area contributed by atoms with E-state index in [2.05, 4.69) is 15.6 Å². The number of pyridine rings is 1. The van der Waals surface area contributed by atoms with Crippen molar-refractivity contribution in [3.05, 3.63) is 77.9 Å². The first-order chi connectivity index (χ1) is 13.9. The lowest BCUT2D eigenvalue weighted by Gasteiger charge is -2.11. The molecule has 0 aliphatic carbocycles. The van der Waals surface area contributed by atoms with Crippen LogP contribution in [0.3, 0.4) is 0 Å². The Balaban J connectivity index is 1.69. The first-order valence-corrected chi connectivity index (χ1v) is 9.44. The molecule has 2 aromatic carbocycles. The van der Waals surface area contributed by atoms with Crippen molar-refractivity contribution in [3.63, 3.8) is 0 Å². The average Bonchev–Trinajstić information content (AvgIpc) is 2.74. The van der Waals surface area contributed by atoms with E-state index in [-0.39, 0.29) is 17.7 Å². The number of nitrogens with two attached hydrogens (primary N) is 1. The molecule has 0 fully saturated rings. The van der Waals surface area contributed by atoms with Crippen molar-refractivity contribution in [3.8, 4) is 11.3 Å². The molecule has 3 rings (SSSR count). The van der Waals surface area contributed by atoms with E-state index in [0.29, 0.717) is 23.6 Å². The molecule has 0 unspecified atom stereocenters. The molecule has 0 saturated heterocycles. The molecule has 0 aliphatic heterocycles. The number of benzene rings is 2. The van der Waals surface area contributed by atoms with E-state index >= 15 is 0 Å². The zero-order valence-corrected chi connectivity index (χ0v) is 16.5. The van der Waals surface area contributed by atoms with Crippen molar-refractivity contribution < 1.29 is 9.59 Å². The number of carbonyl (C=O) groups is 2. The third-order valence-electron chi connectivity index (χ3n) is 4.44. The Bertz CT molecular complexity index is 999. The Kier molecular flexibility index (Phi) is 6.24. The SMILES string of the molecule is CC(C)C(=O)NCc1ccc(C(=O)Nc2nc(-c3ccccc3)ccc2N)cc1. The predicted molar refractivity (Wildman–Crippen MR) is 115 cm³/mol. The molecule has 148 valence electrons. The van der Waals surface area contributed by atoms with Crippen LogP contribution in [0.4, 0.5) is 11.5 Å². The van der Waals surface area contributed by atoms with Gasteiger partial charge in [-0.15, -0.1) is 0 Å². The number of aromatic nitrogens is 1. The third-order valence-corrected chi connectivity index (χ3v) is 4.44. The van der Waals surface area contributed by atoms with Gasteiger partial charge in [0, 0.05) is 23.6 Å². The van der Waals surface area contributed by atoms with Crippen LogP contribution in [0.15, 0.2) is 66.7 Å². The molecule has 1 aromatic heterocycles. The molecule has 0 radical (unpaired) electrons. The van der Waals surface area contributed by atoms with E-state index < -0.39 is 0 Å². The minimum absolute atomic E-state index is 0.00772. The van der Waals surface area contributed by atoms with Crippen molar-refractivity contribution in [1.82, 2.24) is 10.3 Å². The maximum Gasteiger partial charge on any atom is 0.256 e. The topological polar surface area (TPSA) is 97.1 Å². The molecule has 1 heterocycles. The molecular weight excluding hydrogens is 364 g/mol. The highest BCUT2D eigenvalue weighted by atomic mass is 16.2. The fraction of sp³-hybridized carbons (Fsp3) is 0.174. The summed E-state index contributed by atoms with van der Waals surface area (Å²) in [4.78, 5) is 28.8. The maximum absolute atomic E-state index is 12.6. The van der Waals surface area contributed by atoms with Gasteiger partial charge in [0.1, 0.15) is 0 Å². The monoisotopic (exact) mass is 388 g/mol. The van der Waals surface area contributed by atoms with Crippen LogP contribution in [0.2, 0.25) is 0 Å². The molecule has 3 aromatic rings. The number of hydrogen-bond donors (Lipinski definition) is 3. The van der Waals surface area contributed by atoms with Crippen LogP contribution in [0.5, 0.6) is 0 Å². The van der Waals surface area contributed by atoms with Gasteiger partial charge in [0.2, 0.25) is 5.91 Å². The average molecular weight is 388 g/mol. The van der Waals surface area contributed by atoms with Crippen LogP contribution in [-0.2, 0) is 11.3 Å². The van der Waals surface area contributed by atoms with Crippen molar-refractivity contribution in [2.24, 2.45) is 5.92 Å². The number of nitrogens with zero attached hydrogens (tertiary/aromatic N) is 1. The van der Waals surface area contributed by atoms with Gasteiger partial charge in [0.15, 0.2) is 5.82 Å². The summed E-state index contributed by atoms with van der Waals surface area (Å²) >= 11 is 0. The summed E-state index contributed by atoms with van der Waals surface area (Å²) in [7, 11) is 0. The first-order valence-electron chi connectivity index (χ1n) is 9.44. The maximum atomic E-state index is 12.6. The minimum Gasteiger partial charge on any atom is -0.396 e. The van der Waals surface area contributed by atoms with Crippen molar-refractivity contribution in [1.29, 1.82) is 0 Å². The highest BCUT2D eigenvalue weighted by Gasteiger charge is 2.11. The number of nitrogens with one attached hydrogen (secondary N) is 2. The molecule has 0 bridgehead atoms. The van der Waals surface area contributed by atoms with Gasteiger partial charge in [-0.1, -0.05) is 56.3 Å². The van der Waals surface area contributed by atoms with Crippen molar-refractivity contribution in [2.45, 2.75) is 20.4 Å². The van der Waals surface area contributed by atoms with E-state index in [4.69, 9.17) is 5.73 Å². The fourth-order valence-electron chi connectivity index (χ4n) is 2.69. The molecule has 0 spiro atoms. The quantitative estimate of drug-likeness (QED) is 0.597. The number of amides is 2. The Morgan fingerprint density at radius 3 is 2.31 bits per heavy atom. The Labute approximate surface area is 170 Å². The standard InChI is InChI=1S/C23H24N4O2/c1-15(2)22(28)25-14-16-8-10-18(11-9-16)23(29)27-21-19(24)12-13-20(26-21)17-6-4-3-5-7-17/h3-13,15H,14,24H2,1-2H3,(H,25,28)(H,26,27,29). The summed E-state index contributed by atoms with van der Waals surface area (Å²) in [5, 5.41) is 5.63. The predicted octanol–water partition coefficient (Wildman–Crippen LogP) is 3.86. The van der Waals surface area contributed by atoms with Crippen LogP contribution in [-0.4, -0.2) is 16.8 Å². The van der Waals surface area contributed by atoms with Gasteiger partial charge in [0.25, 0.3) is 5.91 Å². The van der Waals surface area contributed by atoms with Gasteiger partial charge in [-0.3, -0.25) is 9.59 Å². The van der Waals surface area contributed by atoms with E-state index in [1.165, 1.54) is 0 Å². The minimum atomic E-state index is -0.299. The van der Waals surface area contributed by atoms with E-state index in [0.717, 1.165) is 16.8 Å². The Hall–Kier alpha value is -3.67. The number of hydrogen-bond acceptors (Lipinski definition) is 4. The number of anilines is 2. The third kappa shape index (κ3) is 5.19. The Morgan fingerprint density at radius 2 is 1.66 bits per heavy atom. The molecule has 0 aliphatic rings. The number of nitrogen functional groups attached to an aromatic ring is 1. The van der Waals surface area contributed by atoms with E-state index in [9.17, 15) is 9.59 Å². The highest BCUT2D eigenvalue weighted by molar-refractivity contribution is 6.05. The number of rotatable bonds is 6. The van der Waals surface area contributed by atoms with Crippen LogP contribution in [0, 0.1) is 5.92 Å². The number of carbonyl (C=O) groups excluding carboxylic acids is 2. The van der Waals surface area contributed by atoms with Gasteiger partial charge in [-0.2, -0.15) is 0 Å². The normalized spacial score (nSPS) is 10.6. The molecule has 0 saturated carbocycles. The lowest BCUT2D eigenvalue weighted by Crippen LogP contribution is -2.27. The largest absolute Gasteiger partial charge is 0.396 e. The molecule has 0 atom stereocenters. The highest BCUT2D eigenvalue weighted by Crippen LogP contribution is 2.23. The van der Waals surface area contributed by atoms with Crippen LogP contribution in [0.25, 0.3) is 11.3 Å². The summed E-state index contributed by atoms with van der Waals surface area (Å²) in [5.41, 5.74) is 9.45. The van der Waals surface area contributed by atoms with Crippen LogP contribution in [0.1, 0.15) is 29.8 Å². The fourth-order valence-corrected chi connectivity index (χ4v) is 2.69. The molecule has 4 N–H and O–H groups in total. The second kappa shape index (κ2) is 9.01. The summed E-state index contributed by atoms with van der Waals surface area (Å²) in [6, 6.07) is 20.3. The smallest absolute Gasteiger partial charge is 0.256 e. The summed E-state index contributed by atoms with van der Waals surface area (Å²) < 4.78 is 0. The zero-order chi connectivity index (χ0) is 20.8. The molecule has 6 heteroatoms. The molecule has 6 nitrogen and oxygen atoms in total. The van der Waals surface area contributed by atoms with Crippen LogP contribution < -0.4 is 16.4 Å². The van der Waals surface area contributed by atoms with Gasteiger partial charge in [-0.05, 0) is 29.8 Å². The molecule has 2 amide bonds. The summed E-state index contributed by atoms with van der Waals surface area (Å²) in [5.74, 6) is -0.0480. The molecule has 29 heavy (non-hydrogen) atoms. The van der Waals surface area contributed by atoms with Crippen LogP contribution >= 0.6 is 0 Å². The zero-order valence-electron chi connectivity index (χ0n) is 16.5. The van der Waals surface area contributed by atoms with Crippen molar-refractivity contribution in [2.75, 3.05) is 11.1 Å². The lowest BCUT2D eigenvalue weighted by molar-refractivity contribution is -0.124. The summed E-state index contributed by atoms with van der Waals surface area (Å²) in [6.07, 6.45) is 0. The van der Waals surface area contributed by atoms with Crippen molar-refractivity contribution >= 4 is 23.3 Å². The second-order valence-electron chi connectivity index (χ2n) is 7.02. The van der Waals surface area contributed by atoms with E-state index in [1.807, 2.05) is 62.4 Å². The van der Waals surface area contributed by atoms with Gasteiger partial charge in [-0.25, -0.2) is 4.98 Å². The molecular formula is C23H24N4O2. The Morgan fingerprint density at radius 1 is 0.966 bits per heavy atom. The second-order valence-corrected chi connectivity index (χ2v) is 7.02. The van der Waals surface area contributed by atoms with E-state index in [1.54, 1.807) is 18.2 Å². The first kappa shape index (κ1) is 20.1. The lowest BCUT2D eigenvalue weighted by atomic mass is 10.1.